The van der Waals surface area contributed by atoms with Crippen molar-refractivity contribution in [3.63, 3.8) is 0 Å². The maximum atomic E-state index is 12.8. The van der Waals surface area contributed by atoms with Gasteiger partial charge in [0.25, 0.3) is 5.69 Å². The van der Waals surface area contributed by atoms with E-state index in [1.54, 1.807) is 13.8 Å². The summed E-state index contributed by atoms with van der Waals surface area (Å²) in [5, 5.41) is 11.0. The Morgan fingerprint density at radius 2 is 1.70 bits per heavy atom. The third kappa shape index (κ3) is 7.35. The minimum atomic E-state index is -4.60. The lowest BCUT2D eigenvalue weighted by Crippen LogP contribution is -2.28. The number of hydrogen-bond acceptors (Lipinski definition) is 7. The summed E-state index contributed by atoms with van der Waals surface area (Å²) in [5.74, 6) is -1.80. The molecule has 0 N–H and O–H groups in total. The molecule has 2 aromatic rings. The van der Waals surface area contributed by atoms with E-state index in [4.69, 9.17) is 25.8 Å². The Balaban J connectivity index is 2.25. The molecule has 0 radical (unpaired) electrons. The van der Waals surface area contributed by atoms with Crippen molar-refractivity contribution >= 4 is 29.2 Å². The summed E-state index contributed by atoms with van der Waals surface area (Å²) in [6.45, 7) is 4.27. The first-order chi connectivity index (χ1) is 15.2. The van der Waals surface area contributed by atoms with E-state index in [0.717, 1.165) is 30.3 Å². The van der Waals surface area contributed by atoms with E-state index in [1.165, 1.54) is 6.92 Å². The molecule has 2 aromatic carbocycles. The maximum Gasteiger partial charge on any atom is 0.416 e. The Hall–Kier alpha value is -3.34. The molecule has 0 saturated carbocycles. The molecule has 33 heavy (non-hydrogen) atoms. The van der Waals surface area contributed by atoms with Crippen molar-refractivity contribution in [2.45, 2.75) is 26.9 Å². The number of nitro benzene ring substituents is 1. The SMILES string of the molecule is CC(=O)OCC(C)(C)COC(=O)c1cc(Oc2ccc(C(F)(F)F)cc2Cl)ccc1[N+](=O)[O-]. The molecule has 0 spiro atoms. The van der Waals surface area contributed by atoms with Crippen LogP contribution in [-0.2, 0) is 20.4 Å². The van der Waals surface area contributed by atoms with Gasteiger partial charge in [-0.2, -0.15) is 13.2 Å². The van der Waals surface area contributed by atoms with E-state index in [1.807, 2.05) is 0 Å². The van der Waals surface area contributed by atoms with Gasteiger partial charge in [-0.15, -0.1) is 0 Å². The van der Waals surface area contributed by atoms with Crippen molar-refractivity contribution in [1.29, 1.82) is 0 Å². The molecule has 0 fully saturated rings. The molecular weight excluding hydrogens is 471 g/mol. The van der Waals surface area contributed by atoms with Gasteiger partial charge in [0.1, 0.15) is 17.1 Å². The second-order valence-corrected chi connectivity index (χ2v) is 8.11. The molecule has 0 heterocycles. The highest BCUT2D eigenvalue weighted by Crippen LogP contribution is 2.37. The lowest BCUT2D eigenvalue weighted by molar-refractivity contribution is -0.385. The number of ether oxygens (including phenoxy) is 3. The molecule has 12 heteroatoms. The number of carbonyl (C=O) groups excluding carboxylic acids is 2. The first-order valence-corrected chi connectivity index (χ1v) is 9.71. The van der Waals surface area contributed by atoms with Crippen LogP contribution >= 0.6 is 11.6 Å². The zero-order valence-corrected chi connectivity index (χ0v) is 18.5. The molecule has 0 saturated heterocycles. The number of hydrogen-bond donors (Lipinski definition) is 0. The third-order valence-electron chi connectivity index (χ3n) is 4.13. The van der Waals surface area contributed by atoms with Crippen LogP contribution in [0.1, 0.15) is 36.7 Å². The van der Waals surface area contributed by atoms with Gasteiger partial charge in [0.2, 0.25) is 0 Å². The van der Waals surface area contributed by atoms with Crippen molar-refractivity contribution < 1.29 is 41.9 Å². The predicted molar refractivity (Wildman–Crippen MR) is 110 cm³/mol. The van der Waals surface area contributed by atoms with Gasteiger partial charge in [0, 0.05) is 24.5 Å². The topological polar surface area (TPSA) is 105 Å². The minimum absolute atomic E-state index is 0.0483. The molecular formula is C21H19ClF3NO7. The van der Waals surface area contributed by atoms with Gasteiger partial charge >= 0.3 is 18.1 Å². The Morgan fingerprint density at radius 1 is 1.06 bits per heavy atom. The van der Waals surface area contributed by atoms with Gasteiger partial charge in [0.15, 0.2) is 0 Å². The first-order valence-electron chi connectivity index (χ1n) is 9.33. The number of rotatable bonds is 8. The number of nitro groups is 1. The molecule has 0 bridgehead atoms. The van der Waals surface area contributed by atoms with Crippen molar-refractivity contribution in [3.8, 4) is 11.5 Å². The largest absolute Gasteiger partial charge is 0.465 e. The zero-order chi connectivity index (χ0) is 25.0. The van der Waals surface area contributed by atoms with Crippen LogP contribution in [0.25, 0.3) is 0 Å². The molecule has 2 rings (SSSR count). The Bertz CT molecular complexity index is 1070. The van der Waals surface area contributed by atoms with Gasteiger partial charge in [0.05, 0.1) is 28.7 Å². The fourth-order valence-electron chi connectivity index (χ4n) is 2.47. The van der Waals surface area contributed by atoms with Gasteiger partial charge < -0.3 is 14.2 Å². The number of halogens is 4. The monoisotopic (exact) mass is 489 g/mol. The van der Waals surface area contributed by atoms with Crippen LogP contribution in [0.15, 0.2) is 36.4 Å². The average molecular weight is 490 g/mol. The van der Waals surface area contributed by atoms with E-state index in [2.05, 4.69) is 0 Å². The first kappa shape index (κ1) is 25.9. The van der Waals surface area contributed by atoms with Crippen LogP contribution in [0, 0.1) is 15.5 Å². The van der Waals surface area contributed by atoms with Crippen molar-refractivity contribution in [3.05, 3.63) is 62.7 Å². The van der Waals surface area contributed by atoms with Gasteiger partial charge in [-0.1, -0.05) is 25.4 Å². The highest BCUT2D eigenvalue weighted by molar-refractivity contribution is 6.32. The number of benzene rings is 2. The zero-order valence-electron chi connectivity index (χ0n) is 17.7. The molecule has 0 aliphatic rings. The van der Waals surface area contributed by atoms with E-state index in [9.17, 15) is 32.9 Å². The van der Waals surface area contributed by atoms with Crippen molar-refractivity contribution in [2.24, 2.45) is 5.41 Å². The van der Waals surface area contributed by atoms with Crippen LogP contribution in [0.2, 0.25) is 5.02 Å². The van der Waals surface area contributed by atoms with Gasteiger partial charge in [-0.3, -0.25) is 14.9 Å². The molecule has 8 nitrogen and oxygen atoms in total. The Morgan fingerprint density at radius 3 is 2.24 bits per heavy atom. The van der Waals surface area contributed by atoms with Crippen LogP contribution < -0.4 is 4.74 Å². The lowest BCUT2D eigenvalue weighted by Gasteiger charge is -2.23. The number of carbonyl (C=O) groups is 2. The predicted octanol–water partition coefficient (Wildman–Crippen LogP) is 5.81. The molecule has 178 valence electrons. The minimum Gasteiger partial charge on any atom is -0.465 e. The molecule has 0 aliphatic heterocycles. The van der Waals surface area contributed by atoms with Crippen molar-refractivity contribution in [2.75, 3.05) is 13.2 Å². The second-order valence-electron chi connectivity index (χ2n) is 7.70. The molecule has 0 aromatic heterocycles. The molecule has 0 unspecified atom stereocenters. The smallest absolute Gasteiger partial charge is 0.416 e. The highest BCUT2D eigenvalue weighted by atomic mass is 35.5. The van der Waals surface area contributed by atoms with Crippen LogP contribution in [0.5, 0.6) is 11.5 Å². The second kappa shape index (κ2) is 10.1. The van der Waals surface area contributed by atoms with E-state index in [-0.39, 0.29) is 29.7 Å². The van der Waals surface area contributed by atoms with Gasteiger partial charge in [-0.25, -0.2) is 4.79 Å². The lowest BCUT2D eigenvalue weighted by atomic mass is 9.96. The van der Waals surface area contributed by atoms with Crippen LogP contribution in [0.4, 0.5) is 18.9 Å². The van der Waals surface area contributed by atoms with Crippen LogP contribution in [0.3, 0.4) is 0 Å². The number of alkyl halides is 3. The summed E-state index contributed by atoms with van der Waals surface area (Å²) < 4.78 is 53.9. The van der Waals surface area contributed by atoms with E-state index < -0.39 is 45.3 Å². The Labute approximate surface area is 191 Å². The number of esters is 2. The average Bonchev–Trinajstić information content (AvgIpc) is 2.71. The van der Waals surface area contributed by atoms with E-state index >= 15 is 0 Å². The molecule has 0 aliphatic carbocycles. The fourth-order valence-corrected chi connectivity index (χ4v) is 2.68. The fraction of sp³-hybridized carbons (Fsp3) is 0.333. The summed E-state index contributed by atoms with van der Waals surface area (Å²) in [4.78, 5) is 34.0. The standard InChI is InChI=1S/C21H19ClF3NO7/c1-12(27)31-10-20(2,3)11-32-19(28)15-9-14(5-6-17(15)26(29)30)33-18-7-4-13(8-16(18)22)21(23,24)25/h4-9H,10-11H2,1-3H3. The summed E-state index contributed by atoms with van der Waals surface area (Å²) in [5.41, 5.74) is -2.76. The maximum absolute atomic E-state index is 12.8. The van der Waals surface area contributed by atoms with Crippen molar-refractivity contribution in [1.82, 2.24) is 0 Å². The Kier molecular flexibility index (Phi) is 7.91. The van der Waals surface area contributed by atoms with Gasteiger partial charge in [-0.05, 0) is 24.3 Å². The molecule has 0 amide bonds. The normalized spacial score (nSPS) is 11.6. The number of nitrogens with zero attached hydrogens (tertiary/aromatic N) is 1. The summed E-state index contributed by atoms with van der Waals surface area (Å²) in [7, 11) is 0. The van der Waals surface area contributed by atoms with E-state index in [0.29, 0.717) is 6.07 Å². The highest BCUT2D eigenvalue weighted by Gasteiger charge is 2.31. The molecule has 0 atom stereocenters. The van der Waals surface area contributed by atoms with Crippen LogP contribution in [-0.4, -0.2) is 30.1 Å². The third-order valence-corrected chi connectivity index (χ3v) is 4.43. The summed E-state index contributed by atoms with van der Waals surface area (Å²) >= 11 is 5.86. The quantitative estimate of drug-likeness (QED) is 0.262. The summed E-state index contributed by atoms with van der Waals surface area (Å²) in [6, 6.07) is 5.59. The summed E-state index contributed by atoms with van der Waals surface area (Å²) in [6.07, 6.45) is -4.60.